The molecule has 0 unspecified atom stereocenters. The summed E-state index contributed by atoms with van der Waals surface area (Å²) < 4.78 is 24.2. The number of halogens is 3. The van der Waals surface area contributed by atoms with Gasteiger partial charge in [-0.25, -0.2) is 8.78 Å². The molecular weight excluding hydrogens is 210 g/mol. The summed E-state index contributed by atoms with van der Waals surface area (Å²) in [4.78, 5) is 0. The second-order valence-electron chi connectivity index (χ2n) is 1.48. The lowest BCUT2D eigenvalue weighted by molar-refractivity contribution is 0.151. The van der Waals surface area contributed by atoms with E-state index in [4.69, 9.17) is 0 Å². The van der Waals surface area contributed by atoms with Crippen LogP contribution in [0.3, 0.4) is 0 Å². The Morgan fingerprint density at radius 3 is 2.33 bits per heavy atom. The van der Waals surface area contributed by atoms with Crippen molar-refractivity contribution in [2.24, 2.45) is 0 Å². The summed E-state index contributed by atoms with van der Waals surface area (Å²) in [6.07, 6.45) is -2.36. The fourth-order valence-corrected chi connectivity index (χ4v) is 1.91. The highest BCUT2D eigenvalue weighted by molar-refractivity contribution is 9.10. The van der Waals surface area contributed by atoms with Gasteiger partial charge in [0.15, 0.2) is 0 Å². The number of thiophene rings is 1. The third-order valence-corrected chi connectivity index (χ3v) is 2.63. The first-order valence-electron chi connectivity index (χ1n) is 2.21. The molecule has 0 aliphatic rings. The third-order valence-electron chi connectivity index (χ3n) is 0.877. The standard InChI is InChI=1S/C5H3BrF2S/c6-4-2-9-1-3(4)5(7)8/h1-2,5H. The molecule has 50 valence electrons. The Morgan fingerprint density at radius 1 is 1.44 bits per heavy atom. The van der Waals surface area contributed by atoms with Crippen LogP contribution in [-0.4, -0.2) is 0 Å². The molecular formula is C5H3BrF2S. The lowest BCUT2D eigenvalue weighted by Gasteiger charge is -1.92. The average molecular weight is 213 g/mol. The highest BCUT2D eigenvalue weighted by Gasteiger charge is 2.10. The molecule has 0 spiro atoms. The number of rotatable bonds is 1. The molecule has 0 fully saturated rings. The molecule has 0 bridgehead atoms. The summed E-state index contributed by atoms with van der Waals surface area (Å²) in [5.41, 5.74) is 0.0833. The van der Waals surface area contributed by atoms with Crippen LogP contribution in [0.15, 0.2) is 15.2 Å². The maximum Gasteiger partial charge on any atom is 0.265 e. The topological polar surface area (TPSA) is 0 Å². The first kappa shape index (κ1) is 7.15. The van der Waals surface area contributed by atoms with Crippen LogP contribution >= 0.6 is 27.3 Å². The van der Waals surface area contributed by atoms with Crippen molar-refractivity contribution in [2.45, 2.75) is 6.43 Å². The van der Waals surface area contributed by atoms with Gasteiger partial charge in [0.25, 0.3) is 6.43 Å². The molecule has 0 radical (unpaired) electrons. The van der Waals surface area contributed by atoms with Gasteiger partial charge in [0.1, 0.15) is 0 Å². The van der Waals surface area contributed by atoms with E-state index in [-0.39, 0.29) is 5.56 Å². The van der Waals surface area contributed by atoms with Crippen molar-refractivity contribution in [1.82, 2.24) is 0 Å². The Kier molecular flexibility index (Phi) is 2.18. The van der Waals surface area contributed by atoms with Gasteiger partial charge in [0, 0.05) is 20.8 Å². The van der Waals surface area contributed by atoms with Crippen molar-refractivity contribution in [3.8, 4) is 0 Å². The molecule has 0 atom stereocenters. The van der Waals surface area contributed by atoms with Crippen molar-refractivity contribution >= 4 is 27.3 Å². The maximum absolute atomic E-state index is 11.8. The SMILES string of the molecule is FC(F)c1cscc1Br. The van der Waals surface area contributed by atoms with E-state index in [1.165, 1.54) is 16.7 Å². The molecule has 1 rings (SSSR count). The first-order valence-corrected chi connectivity index (χ1v) is 3.95. The van der Waals surface area contributed by atoms with Gasteiger partial charge in [0.05, 0.1) is 0 Å². The average Bonchev–Trinajstić information content (AvgIpc) is 2.13. The lowest BCUT2D eigenvalue weighted by atomic mass is 10.4. The van der Waals surface area contributed by atoms with E-state index in [1.54, 1.807) is 5.38 Å². The molecule has 0 nitrogen and oxygen atoms in total. The van der Waals surface area contributed by atoms with Crippen LogP contribution in [0.5, 0.6) is 0 Å². The van der Waals surface area contributed by atoms with Crippen molar-refractivity contribution < 1.29 is 8.78 Å². The minimum atomic E-state index is -2.36. The van der Waals surface area contributed by atoms with Crippen LogP contribution in [0.2, 0.25) is 0 Å². The number of hydrogen-bond donors (Lipinski definition) is 0. The van der Waals surface area contributed by atoms with Crippen LogP contribution in [0.4, 0.5) is 8.78 Å². The number of hydrogen-bond acceptors (Lipinski definition) is 1. The Bertz CT molecular complexity index is 197. The van der Waals surface area contributed by atoms with E-state index in [9.17, 15) is 8.78 Å². The van der Waals surface area contributed by atoms with E-state index in [1.807, 2.05) is 0 Å². The van der Waals surface area contributed by atoms with Gasteiger partial charge in [0.2, 0.25) is 0 Å². The van der Waals surface area contributed by atoms with Gasteiger partial charge in [-0.2, -0.15) is 11.3 Å². The Labute approximate surface area is 63.6 Å². The summed E-state index contributed by atoms with van der Waals surface area (Å²) >= 11 is 4.26. The van der Waals surface area contributed by atoms with E-state index < -0.39 is 6.43 Å². The molecule has 9 heavy (non-hydrogen) atoms. The lowest BCUT2D eigenvalue weighted by Crippen LogP contribution is -1.77. The van der Waals surface area contributed by atoms with Gasteiger partial charge >= 0.3 is 0 Å². The number of alkyl halides is 2. The monoisotopic (exact) mass is 212 g/mol. The van der Waals surface area contributed by atoms with Crippen LogP contribution in [-0.2, 0) is 0 Å². The van der Waals surface area contributed by atoms with Gasteiger partial charge in [-0.05, 0) is 15.9 Å². The van der Waals surface area contributed by atoms with Crippen LogP contribution in [0.1, 0.15) is 12.0 Å². The van der Waals surface area contributed by atoms with E-state index in [2.05, 4.69) is 15.9 Å². The zero-order chi connectivity index (χ0) is 6.85. The minimum absolute atomic E-state index is 0.0833. The first-order chi connectivity index (χ1) is 4.22. The van der Waals surface area contributed by atoms with Gasteiger partial charge in [-0.1, -0.05) is 0 Å². The zero-order valence-electron chi connectivity index (χ0n) is 4.27. The predicted octanol–water partition coefficient (Wildman–Crippen LogP) is 3.45. The van der Waals surface area contributed by atoms with Gasteiger partial charge < -0.3 is 0 Å². The Hall–Kier alpha value is 0.0400. The molecule has 0 aliphatic heterocycles. The molecule has 1 heterocycles. The van der Waals surface area contributed by atoms with Crippen molar-refractivity contribution in [3.05, 3.63) is 20.8 Å². The molecule has 0 amide bonds. The van der Waals surface area contributed by atoms with Crippen LogP contribution in [0, 0.1) is 0 Å². The van der Waals surface area contributed by atoms with Gasteiger partial charge in [-0.15, -0.1) is 0 Å². The van der Waals surface area contributed by atoms with Gasteiger partial charge in [-0.3, -0.25) is 0 Å². The molecule has 1 aromatic rings. The predicted molar refractivity (Wildman–Crippen MR) is 37.0 cm³/mol. The molecule has 0 N–H and O–H groups in total. The summed E-state index contributed by atoms with van der Waals surface area (Å²) in [6, 6.07) is 0. The summed E-state index contributed by atoms with van der Waals surface area (Å²) in [6.45, 7) is 0. The van der Waals surface area contributed by atoms with Crippen LogP contribution in [0.25, 0.3) is 0 Å². The van der Waals surface area contributed by atoms with Crippen molar-refractivity contribution in [1.29, 1.82) is 0 Å². The molecule has 0 aliphatic carbocycles. The normalized spacial score (nSPS) is 10.7. The Morgan fingerprint density at radius 2 is 2.11 bits per heavy atom. The van der Waals surface area contributed by atoms with E-state index in [0.29, 0.717) is 4.47 Å². The Balaban J connectivity index is 2.94. The molecule has 0 aromatic carbocycles. The smallest absolute Gasteiger partial charge is 0.205 e. The van der Waals surface area contributed by atoms with E-state index >= 15 is 0 Å². The van der Waals surface area contributed by atoms with Crippen molar-refractivity contribution in [2.75, 3.05) is 0 Å². The molecule has 0 saturated heterocycles. The highest BCUT2D eigenvalue weighted by atomic mass is 79.9. The fraction of sp³-hybridized carbons (Fsp3) is 0.200. The van der Waals surface area contributed by atoms with E-state index in [0.717, 1.165) is 0 Å². The second kappa shape index (κ2) is 2.75. The largest absolute Gasteiger partial charge is 0.265 e. The molecule has 4 heteroatoms. The quantitative estimate of drug-likeness (QED) is 0.670. The minimum Gasteiger partial charge on any atom is -0.205 e. The summed E-state index contributed by atoms with van der Waals surface area (Å²) in [7, 11) is 0. The zero-order valence-corrected chi connectivity index (χ0v) is 6.68. The highest BCUT2D eigenvalue weighted by Crippen LogP contribution is 2.29. The summed E-state index contributed by atoms with van der Waals surface area (Å²) in [5, 5.41) is 3.08. The maximum atomic E-state index is 11.8. The van der Waals surface area contributed by atoms with Crippen LogP contribution < -0.4 is 0 Å². The fourth-order valence-electron chi connectivity index (χ4n) is 0.447. The molecule has 1 aromatic heterocycles. The third kappa shape index (κ3) is 1.49. The van der Waals surface area contributed by atoms with Crippen molar-refractivity contribution in [3.63, 3.8) is 0 Å². The summed E-state index contributed by atoms with van der Waals surface area (Å²) in [5.74, 6) is 0. The second-order valence-corrected chi connectivity index (χ2v) is 3.07. The molecule has 0 saturated carbocycles.